The van der Waals surface area contributed by atoms with Gasteiger partial charge in [0.05, 0.1) is 0 Å². The van der Waals surface area contributed by atoms with Gasteiger partial charge in [0, 0.05) is 36.3 Å². The van der Waals surface area contributed by atoms with E-state index in [4.69, 9.17) is 0 Å². The SMILES string of the molecule is Cc1ccc(-c2nnc3n2CCCCC3)cc1NC(=O)[C@@H]1CCCN1C(=O)c1ccccc1. The lowest BCUT2D eigenvalue weighted by Gasteiger charge is -2.24. The summed E-state index contributed by atoms with van der Waals surface area (Å²) in [7, 11) is 0. The number of fused-ring (bicyclic) bond motifs is 1. The molecule has 7 nitrogen and oxygen atoms in total. The highest BCUT2D eigenvalue weighted by molar-refractivity contribution is 6.02. The van der Waals surface area contributed by atoms with Crippen molar-refractivity contribution < 1.29 is 9.59 Å². The van der Waals surface area contributed by atoms with Gasteiger partial charge >= 0.3 is 0 Å². The zero-order valence-corrected chi connectivity index (χ0v) is 19.0. The molecule has 1 aromatic heterocycles. The zero-order chi connectivity index (χ0) is 22.8. The van der Waals surface area contributed by atoms with E-state index in [1.54, 1.807) is 17.0 Å². The molecule has 2 aromatic carbocycles. The van der Waals surface area contributed by atoms with Crippen LogP contribution in [0.15, 0.2) is 48.5 Å². The number of likely N-dealkylation sites (tertiary alicyclic amines) is 1. The molecule has 3 aromatic rings. The maximum absolute atomic E-state index is 13.3. The molecule has 0 bridgehead atoms. The minimum Gasteiger partial charge on any atom is -0.327 e. The van der Waals surface area contributed by atoms with E-state index >= 15 is 0 Å². The van der Waals surface area contributed by atoms with Gasteiger partial charge in [-0.2, -0.15) is 0 Å². The van der Waals surface area contributed by atoms with E-state index in [9.17, 15) is 9.59 Å². The smallest absolute Gasteiger partial charge is 0.254 e. The molecule has 0 aliphatic carbocycles. The Balaban J connectivity index is 1.37. The largest absolute Gasteiger partial charge is 0.327 e. The van der Waals surface area contributed by atoms with Crippen LogP contribution in [0.2, 0.25) is 0 Å². The summed E-state index contributed by atoms with van der Waals surface area (Å²) in [6.45, 7) is 3.49. The number of carbonyl (C=O) groups is 2. The number of benzene rings is 2. The molecule has 1 saturated heterocycles. The molecular weight excluding hydrogens is 414 g/mol. The summed E-state index contributed by atoms with van der Waals surface area (Å²) >= 11 is 0. The standard InChI is InChI=1S/C26H29N5O2/c1-18-13-14-20(24-29-28-23-12-6-3-7-15-31(23)24)17-21(18)27-25(32)22-11-8-16-30(22)26(33)19-9-4-2-5-10-19/h2,4-5,9-10,13-14,17,22H,3,6-8,11-12,15-16H2,1H3,(H,27,32)/t22-/m0/s1. The molecule has 0 radical (unpaired) electrons. The van der Waals surface area contributed by atoms with E-state index in [0.29, 0.717) is 18.5 Å². The normalized spacial score (nSPS) is 18.0. The Kier molecular flexibility index (Phi) is 5.94. The Labute approximate surface area is 193 Å². The molecule has 5 rings (SSSR count). The highest BCUT2D eigenvalue weighted by atomic mass is 16.2. The predicted octanol–water partition coefficient (Wildman–Crippen LogP) is 4.22. The molecule has 33 heavy (non-hydrogen) atoms. The van der Waals surface area contributed by atoms with E-state index in [1.165, 1.54) is 6.42 Å². The van der Waals surface area contributed by atoms with Gasteiger partial charge in [-0.05, 0) is 56.4 Å². The third-order valence-corrected chi connectivity index (χ3v) is 6.70. The summed E-state index contributed by atoms with van der Waals surface area (Å²) < 4.78 is 2.21. The minimum absolute atomic E-state index is 0.0927. The van der Waals surface area contributed by atoms with Crippen molar-refractivity contribution >= 4 is 17.5 Å². The van der Waals surface area contributed by atoms with Gasteiger partial charge in [0.1, 0.15) is 11.9 Å². The number of aromatic nitrogens is 3. The number of rotatable bonds is 4. The van der Waals surface area contributed by atoms with E-state index in [2.05, 4.69) is 20.1 Å². The van der Waals surface area contributed by atoms with Gasteiger partial charge in [-0.3, -0.25) is 9.59 Å². The predicted molar refractivity (Wildman–Crippen MR) is 127 cm³/mol. The van der Waals surface area contributed by atoms with Gasteiger partial charge in [0.25, 0.3) is 5.91 Å². The second kappa shape index (κ2) is 9.17. The Bertz CT molecular complexity index is 1170. The van der Waals surface area contributed by atoms with Gasteiger partial charge in [-0.15, -0.1) is 10.2 Å². The van der Waals surface area contributed by atoms with Crippen molar-refractivity contribution in [2.75, 3.05) is 11.9 Å². The maximum atomic E-state index is 13.3. The molecule has 0 unspecified atom stereocenters. The van der Waals surface area contributed by atoms with E-state index in [1.807, 2.05) is 43.3 Å². The fourth-order valence-corrected chi connectivity index (χ4v) is 4.84. The molecule has 1 atom stereocenters. The maximum Gasteiger partial charge on any atom is 0.254 e. The number of hydrogen-bond donors (Lipinski definition) is 1. The van der Waals surface area contributed by atoms with Crippen LogP contribution >= 0.6 is 0 Å². The molecule has 2 aliphatic heterocycles. The van der Waals surface area contributed by atoms with Crippen molar-refractivity contribution in [1.29, 1.82) is 0 Å². The van der Waals surface area contributed by atoms with Crippen molar-refractivity contribution in [3.63, 3.8) is 0 Å². The van der Waals surface area contributed by atoms with Gasteiger partial charge in [0.2, 0.25) is 5.91 Å². The Morgan fingerprint density at radius 1 is 0.970 bits per heavy atom. The fourth-order valence-electron chi connectivity index (χ4n) is 4.84. The van der Waals surface area contributed by atoms with Gasteiger partial charge in [-0.1, -0.05) is 36.8 Å². The van der Waals surface area contributed by atoms with Gasteiger partial charge < -0.3 is 14.8 Å². The topological polar surface area (TPSA) is 80.1 Å². The van der Waals surface area contributed by atoms with Crippen LogP contribution in [0, 0.1) is 6.92 Å². The first-order valence-electron chi connectivity index (χ1n) is 11.8. The lowest BCUT2D eigenvalue weighted by Crippen LogP contribution is -2.43. The van der Waals surface area contributed by atoms with Crippen LogP contribution in [-0.4, -0.2) is 44.1 Å². The van der Waals surface area contributed by atoms with Crippen LogP contribution in [0.25, 0.3) is 11.4 Å². The first kappa shape index (κ1) is 21.4. The van der Waals surface area contributed by atoms with Crippen LogP contribution in [-0.2, 0) is 17.8 Å². The summed E-state index contributed by atoms with van der Waals surface area (Å²) in [4.78, 5) is 27.9. The molecular formula is C26H29N5O2. The van der Waals surface area contributed by atoms with Crippen molar-refractivity contribution in [1.82, 2.24) is 19.7 Å². The average Bonchev–Trinajstić information content (AvgIpc) is 3.42. The average molecular weight is 444 g/mol. The fraction of sp³-hybridized carbons (Fsp3) is 0.385. The summed E-state index contributed by atoms with van der Waals surface area (Å²) in [6, 6.07) is 14.7. The number of aryl methyl sites for hydroxylation is 2. The Hall–Kier alpha value is -3.48. The van der Waals surface area contributed by atoms with Gasteiger partial charge in [-0.25, -0.2) is 0 Å². The summed E-state index contributed by atoms with van der Waals surface area (Å²) in [5, 5.41) is 12.0. The molecule has 3 heterocycles. The van der Waals surface area contributed by atoms with Crippen LogP contribution in [0.5, 0.6) is 0 Å². The quantitative estimate of drug-likeness (QED) is 0.655. The summed E-state index contributed by atoms with van der Waals surface area (Å²) in [5.74, 6) is 1.65. The second-order valence-electron chi connectivity index (χ2n) is 8.94. The Morgan fingerprint density at radius 2 is 1.82 bits per heavy atom. The monoisotopic (exact) mass is 443 g/mol. The van der Waals surface area contributed by atoms with E-state index in [0.717, 1.165) is 60.7 Å². The third kappa shape index (κ3) is 4.27. The number of nitrogens with zero attached hydrogens (tertiary/aromatic N) is 4. The van der Waals surface area contributed by atoms with Crippen molar-refractivity contribution in [2.45, 2.75) is 58.0 Å². The number of hydrogen-bond acceptors (Lipinski definition) is 4. The number of anilines is 1. The summed E-state index contributed by atoms with van der Waals surface area (Å²) in [6.07, 6.45) is 5.92. The lowest BCUT2D eigenvalue weighted by molar-refractivity contribution is -0.119. The highest BCUT2D eigenvalue weighted by Crippen LogP contribution is 2.28. The minimum atomic E-state index is -0.467. The third-order valence-electron chi connectivity index (χ3n) is 6.70. The van der Waals surface area contributed by atoms with Crippen LogP contribution in [0.3, 0.4) is 0 Å². The van der Waals surface area contributed by atoms with Crippen LogP contribution in [0.4, 0.5) is 5.69 Å². The highest BCUT2D eigenvalue weighted by Gasteiger charge is 2.34. The molecule has 170 valence electrons. The number of carbonyl (C=O) groups excluding carboxylic acids is 2. The zero-order valence-electron chi connectivity index (χ0n) is 19.0. The van der Waals surface area contributed by atoms with Crippen molar-refractivity contribution in [3.05, 3.63) is 65.5 Å². The van der Waals surface area contributed by atoms with Gasteiger partial charge in [0.15, 0.2) is 5.82 Å². The first-order valence-corrected chi connectivity index (χ1v) is 11.8. The molecule has 2 aliphatic rings. The van der Waals surface area contributed by atoms with E-state index < -0.39 is 6.04 Å². The molecule has 7 heteroatoms. The first-order chi connectivity index (χ1) is 16.1. The second-order valence-corrected chi connectivity index (χ2v) is 8.94. The Morgan fingerprint density at radius 3 is 2.67 bits per heavy atom. The van der Waals surface area contributed by atoms with E-state index in [-0.39, 0.29) is 11.8 Å². The lowest BCUT2D eigenvalue weighted by atomic mass is 10.1. The number of nitrogens with one attached hydrogen (secondary N) is 1. The molecule has 0 spiro atoms. The van der Waals surface area contributed by atoms with Crippen molar-refractivity contribution in [2.24, 2.45) is 0 Å². The molecule has 0 saturated carbocycles. The van der Waals surface area contributed by atoms with Crippen LogP contribution < -0.4 is 5.32 Å². The molecule has 1 fully saturated rings. The molecule has 1 N–H and O–H groups in total. The summed E-state index contributed by atoms with van der Waals surface area (Å²) in [5.41, 5.74) is 3.28. The molecule has 2 amide bonds. The van der Waals surface area contributed by atoms with Crippen molar-refractivity contribution in [3.8, 4) is 11.4 Å². The van der Waals surface area contributed by atoms with Crippen LogP contribution in [0.1, 0.15) is 53.8 Å². The number of amides is 2.